The molecule has 0 spiro atoms. The summed E-state index contributed by atoms with van der Waals surface area (Å²) in [6.07, 6.45) is 0.356. The van der Waals surface area contributed by atoms with Gasteiger partial charge in [0, 0.05) is 18.6 Å². The fraction of sp³-hybridized carbons (Fsp3) is 0.111. The highest BCUT2D eigenvalue weighted by Gasteiger charge is 2.14. The van der Waals surface area contributed by atoms with Gasteiger partial charge in [0.05, 0.1) is 10.5 Å². The number of carbonyl (C=O) groups excluding carboxylic acids is 1. The molecule has 0 saturated carbocycles. The van der Waals surface area contributed by atoms with Gasteiger partial charge in [0.15, 0.2) is 0 Å². The average molecular weight is 209 g/mol. The summed E-state index contributed by atoms with van der Waals surface area (Å²) in [6.45, 7) is 0. The molecule has 0 saturated heterocycles. The summed E-state index contributed by atoms with van der Waals surface area (Å²) in [5.41, 5.74) is -0.170. The Morgan fingerprint density at radius 2 is 2.20 bits per heavy atom. The van der Waals surface area contributed by atoms with Gasteiger partial charge in [-0.2, -0.15) is 0 Å². The van der Waals surface area contributed by atoms with Crippen molar-refractivity contribution in [3.63, 3.8) is 0 Å². The van der Waals surface area contributed by atoms with Crippen molar-refractivity contribution >= 4 is 17.9 Å². The predicted molar refractivity (Wildman–Crippen MR) is 49.8 cm³/mol. The van der Waals surface area contributed by atoms with E-state index in [2.05, 4.69) is 0 Å². The van der Waals surface area contributed by atoms with Crippen LogP contribution in [0.5, 0.6) is 0 Å². The van der Waals surface area contributed by atoms with Crippen molar-refractivity contribution in [2.75, 3.05) is 0 Å². The Hall–Kier alpha value is -2.24. The molecule has 1 N–H and O–H groups in total. The SMILES string of the molecule is O=CCc1cc([N+](=O)[O-])ccc1C(=O)O. The van der Waals surface area contributed by atoms with Crippen LogP contribution < -0.4 is 0 Å². The number of aromatic carboxylic acids is 1. The summed E-state index contributed by atoms with van der Waals surface area (Å²) >= 11 is 0. The average Bonchev–Trinajstić information content (AvgIpc) is 2.17. The van der Waals surface area contributed by atoms with Crippen LogP contribution in [0.2, 0.25) is 0 Å². The van der Waals surface area contributed by atoms with Crippen molar-refractivity contribution in [3.8, 4) is 0 Å². The largest absolute Gasteiger partial charge is 0.478 e. The second kappa shape index (κ2) is 4.32. The molecule has 15 heavy (non-hydrogen) atoms. The number of hydrogen-bond acceptors (Lipinski definition) is 4. The zero-order chi connectivity index (χ0) is 11.4. The number of carboxylic acids is 1. The summed E-state index contributed by atoms with van der Waals surface area (Å²) in [4.78, 5) is 30.7. The second-order valence-corrected chi connectivity index (χ2v) is 2.77. The van der Waals surface area contributed by atoms with E-state index in [9.17, 15) is 19.7 Å². The van der Waals surface area contributed by atoms with Crippen LogP contribution in [0.15, 0.2) is 18.2 Å². The molecule has 0 heterocycles. The minimum absolute atomic E-state index is 0.0901. The van der Waals surface area contributed by atoms with Crippen molar-refractivity contribution < 1.29 is 19.6 Å². The lowest BCUT2D eigenvalue weighted by molar-refractivity contribution is -0.384. The number of non-ortho nitro benzene ring substituents is 1. The number of nitro groups is 1. The maximum atomic E-state index is 10.7. The van der Waals surface area contributed by atoms with E-state index in [-0.39, 0.29) is 23.2 Å². The quantitative estimate of drug-likeness (QED) is 0.453. The van der Waals surface area contributed by atoms with Crippen LogP contribution in [-0.4, -0.2) is 22.3 Å². The van der Waals surface area contributed by atoms with Crippen molar-refractivity contribution in [1.29, 1.82) is 0 Å². The standard InChI is InChI=1S/C9H7NO5/c11-4-3-6-5-7(10(14)15)1-2-8(6)9(12)13/h1-2,4-5H,3H2,(H,12,13). The van der Waals surface area contributed by atoms with E-state index >= 15 is 0 Å². The molecule has 1 rings (SSSR count). The zero-order valence-electron chi connectivity index (χ0n) is 7.54. The summed E-state index contributed by atoms with van der Waals surface area (Å²) < 4.78 is 0. The lowest BCUT2D eigenvalue weighted by Gasteiger charge is -2.01. The van der Waals surface area contributed by atoms with Gasteiger partial charge < -0.3 is 9.90 Å². The van der Waals surface area contributed by atoms with E-state index < -0.39 is 10.9 Å². The molecule has 6 heteroatoms. The van der Waals surface area contributed by atoms with Gasteiger partial charge in [-0.1, -0.05) is 0 Å². The number of hydrogen-bond donors (Lipinski definition) is 1. The molecule has 0 fully saturated rings. The topological polar surface area (TPSA) is 97.5 Å². The third-order valence-electron chi connectivity index (χ3n) is 1.83. The van der Waals surface area contributed by atoms with E-state index in [1.165, 1.54) is 0 Å². The van der Waals surface area contributed by atoms with Crippen LogP contribution in [0.4, 0.5) is 5.69 Å². The Kier molecular flexibility index (Phi) is 3.12. The van der Waals surface area contributed by atoms with Crippen LogP contribution in [0.3, 0.4) is 0 Å². The summed E-state index contributed by atoms with van der Waals surface area (Å²) in [7, 11) is 0. The first kappa shape index (κ1) is 10.8. The van der Waals surface area contributed by atoms with Gasteiger partial charge in [-0.15, -0.1) is 0 Å². The van der Waals surface area contributed by atoms with Crippen LogP contribution in [0.1, 0.15) is 15.9 Å². The number of nitro benzene ring substituents is 1. The minimum atomic E-state index is -1.21. The molecular weight excluding hydrogens is 202 g/mol. The highest BCUT2D eigenvalue weighted by Crippen LogP contribution is 2.18. The van der Waals surface area contributed by atoms with Gasteiger partial charge in [-0.05, 0) is 11.6 Å². The zero-order valence-corrected chi connectivity index (χ0v) is 7.54. The van der Waals surface area contributed by atoms with Crippen LogP contribution in [-0.2, 0) is 11.2 Å². The predicted octanol–water partition coefficient (Wildman–Crippen LogP) is 1.03. The highest BCUT2D eigenvalue weighted by atomic mass is 16.6. The monoisotopic (exact) mass is 209 g/mol. The van der Waals surface area contributed by atoms with Crippen LogP contribution in [0, 0.1) is 10.1 Å². The maximum Gasteiger partial charge on any atom is 0.335 e. The lowest BCUT2D eigenvalue weighted by Crippen LogP contribution is -2.04. The molecule has 0 radical (unpaired) electrons. The third kappa shape index (κ3) is 2.37. The third-order valence-corrected chi connectivity index (χ3v) is 1.83. The van der Waals surface area contributed by atoms with E-state index in [0.29, 0.717) is 6.29 Å². The molecular formula is C9H7NO5. The van der Waals surface area contributed by atoms with Gasteiger partial charge in [0.1, 0.15) is 6.29 Å². The Morgan fingerprint density at radius 1 is 1.53 bits per heavy atom. The molecule has 0 aliphatic carbocycles. The first-order valence-electron chi connectivity index (χ1n) is 4.00. The molecule has 0 unspecified atom stereocenters. The van der Waals surface area contributed by atoms with Gasteiger partial charge in [-0.3, -0.25) is 10.1 Å². The van der Waals surface area contributed by atoms with Gasteiger partial charge in [-0.25, -0.2) is 4.79 Å². The van der Waals surface area contributed by atoms with Crippen molar-refractivity contribution in [1.82, 2.24) is 0 Å². The minimum Gasteiger partial charge on any atom is -0.478 e. The summed E-state index contributed by atoms with van der Waals surface area (Å²) in [5.74, 6) is -1.21. The smallest absolute Gasteiger partial charge is 0.335 e. The maximum absolute atomic E-state index is 10.7. The molecule has 6 nitrogen and oxygen atoms in total. The second-order valence-electron chi connectivity index (χ2n) is 2.77. The molecule has 0 atom stereocenters. The first-order chi connectivity index (χ1) is 7.06. The van der Waals surface area contributed by atoms with E-state index in [1.807, 2.05) is 0 Å². The molecule has 0 amide bonds. The molecule has 0 aromatic heterocycles. The number of benzene rings is 1. The summed E-state index contributed by atoms with van der Waals surface area (Å²) in [5, 5.41) is 19.1. The number of aldehydes is 1. The fourth-order valence-electron chi connectivity index (χ4n) is 1.16. The Labute approximate surface area is 84.3 Å². The van der Waals surface area contributed by atoms with Crippen LogP contribution in [0.25, 0.3) is 0 Å². The fourth-order valence-corrected chi connectivity index (χ4v) is 1.16. The van der Waals surface area contributed by atoms with E-state index in [1.54, 1.807) is 0 Å². The van der Waals surface area contributed by atoms with Gasteiger partial charge in [0.25, 0.3) is 5.69 Å². The molecule has 1 aromatic rings. The van der Waals surface area contributed by atoms with Crippen molar-refractivity contribution in [2.24, 2.45) is 0 Å². The molecule has 0 bridgehead atoms. The molecule has 1 aromatic carbocycles. The Morgan fingerprint density at radius 3 is 2.67 bits per heavy atom. The number of carboxylic acid groups (broad SMARTS) is 1. The molecule has 78 valence electrons. The molecule has 0 aliphatic rings. The summed E-state index contributed by atoms with van der Waals surface area (Å²) in [6, 6.07) is 3.31. The Bertz CT molecular complexity index is 427. The van der Waals surface area contributed by atoms with Gasteiger partial charge >= 0.3 is 5.97 Å². The number of carbonyl (C=O) groups is 2. The lowest BCUT2D eigenvalue weighted by atomic mass is 10.0. The van der Waals surface area contributed by atoms with E-state index in [0.717, 1.165) is 18.2 Å². The highest BCUT2D eigenvalue weighted by molar-refractivity contribution is 5.90. The van der Waals surface area contributed by atoms with E-state index in [4.69, 9.17) is 5.11 Å². The normalized spacial score (nSPS) is 9.60. The number of nitrogens with zero attached hydrogens (tertiary/aromatic N) is 1. The van der Waals surface area contributed by atoms with Crippen molar-refractivity contribution in [3.05, 3.63) is 39.4 Å². The molecule has 0 aliphatic heterocycles. The van der Waals surface area contributed by atoms with Crippen molar-refractivity contribution in [2.45, 2.75) is 6.42 Å². The number of rotatable bonds is 4. The Balaban J connectivity index is 3.25. The first-order valence-corrected chi connectivity index (χ1v) is 4.00. The van der Waals surface area contributed by atoms with Crippen LogP contribution >= 0.6 is 0 Å². The van der Waals surface area contributed by atoms with Gasteiger partial charge in [0.2, 0.25) is 0 Å².